The van der Waals surface area contributed by atoms with Gasteiger partial charge in [-0.15, -0.1) is 10.2 Å². The zero-order valence-electron chi connectivity index (χ0n) is 12.5. The van der Waals surface area contributed by atoms with E-state index in [1.165, 1.54) is 11.8 Å². The van der Waals surface area contributed by atoms with Crippen LogP contribution in [-0.2, 0) is 4.79 Å². The van der Waals surface area contributed by atoms with Gasteiger partial charge in [0.25, 0.3) is 5.22 Å². The third kappa shape index (κ3) is 4.00. The van der Waals surface area contributed by atoms with Crippen LogP contribution >= 0.6 is 11.8 Å². The highest BCUT2D eigenvalue weighted by molar-refractivity contribution is 8.00. The number of urea groups is 1. The minimum Gasteiger partial charge on any atom is -0.416 e. The fraction of sp³-hybridized carbons (Fsp3) is 0.714. The third-order valence-corrected chi connectivity index (χ3v) is 4.86. The van der Waals surface area contributed by atoms with E-state index in [1.807, 2.05) is 0 Å². The molecule has 2 saturated carbocycles. The van der Waals surface area contributed by atoms with Crippen LogP contribution in [-0.4, -0.2) is 33.4 Å². The lowest BCUT2D eigenvalue weighted by Gasteiger charge is -2.13. The Morgan fingerprint density at radius 2 is 1.95 bits per heavy atom. The van der Waals surface area contributed by atoms with Gasteiger partial charge in [0.1, 0.15) is 0 Å². The molecule has 1 aromatic heterocycles. The molecule has 0 aliphatic heterocycles. The SMILES string of the molecule is C[C@@H](Sc1nnc(C2CC2)o1)C(=O)NC(=O)NC1CCCC1. The van der Waals surface area contributed by atoms with E-state index in [9.17, 15) is 9.59 Å². The average Bonchev–Trinajstić information content (AvgIpc) is 3.01. The summed E-state index contributed by atoms with van der Waals surface area (Å²) in [5.41, 5.74) is 0. The first-order chi connectivity index (χ1) is 10.6. The number of amides is 3. The molecule has 0 spiro atoms. The van der Waals surface area contributed by atoms with Crippen molar-refractivity contribution < 1.29 is 14.0 Å². The van der Waals surface area contributed by atoms with E-state index in [1.54, 1.807) is 6.92 Å². The number of nitrogens with zero attached hydrogens (tertiary/aromatic N) is 2. The summed E-state index contributed by atoms with van der Waals surface area (Å²) in [7, 11) is 0. The number of rotatable bonds is 5. The molecule has 3 amide bonds. The summed E-state index contributed by atoms with van der Waals surface area (Å²) in [5.74, 6) is 0.684. The van der Waals surface area contributed by atoms with Crippen LogP contribution in [0.5, 0.6) is 0 Å². The Bertz CT molecular complexity index is 552. The number of aromatic nitrogens is 2. The highest BCUT2D eigenvalue weighted by atomic mass is 32.2. The van der Waals surface area contributed by atoms with E-state index >= 15 is 0 Å². The summed E-state index contributed by atoms with van der Waals surface area (Å²) >= 11 is 1.17. The van der Waals surface area contributed by atoms with E-state index in [2.05, 4.69) is 20.8 Å². The second kappa shape index (κ2) is 6.68. The number of nitrogens with one attached hydrogen (secondary N) is 2. The van der Waals surface area contributed by atoms with Crippen LogP contribution in [0.25, 0.3) is 0 Å². The maximum Gasteiger partial charge on any atom is 0.321 e. The van der Waals surface area contributed by atoms with Crippen molar-refractivity contribution in [3.8, 4) is 0 Å². The largest absolute Gasteiger partial charge is 0.416 e. The predicted octanol–water partition coefficient (Wildman–Crippen LogP) is 2.20. The van der Waals surface area contributed by atoms with Crippen molar-refractivity contribution >= 4 is 23.7 Å². The van der Waals surface area contributed by atoms with Crippen LogP contribution in [0.3, 0.4) is 0 Å². The number of carbonyl (C=O) groups excluding carboxylic acids is 2. The minimum atomic E-state index is -0.471. The fourth-order valence-electron chi connectivity index (χ4n) is 2.47. The highest BCUT2D eigenvalue weighted by Crippen LogP contribution is 2.40. The Morgan fingerprint density at radius 1 is 1.23 bits per heavy atom. The van der Waals surface area contributed by atoms with Gasteiger partial charge in [-0.3, -0.25) is 10.1 Å². The van der Waals surface area contributed by atoms with Gasteiger partial charge >= 0.3 is 6.03 Å². The van der Waals surface area contributed by atoms with Gasteiger partial charge in [0.05, 0.1) is 5.25 Å². The maximum atomic E-state index is 12.0. The van der Waals surface area contributed by atoms with E-state index < -0.39 is 11.3 Å². The third-order valence-electron chi connectivity index (χ3n) is 3.92. The molecule has 8 heteroatoms. The summed E-state index contributed by atoms with van der Waals surface area (Å²) in [4.78, 5) is 23.8. The summed E-state index contributed by atoms with van der Waals surface area (Å²) < 4.78 is 5.50. The van der Waals surface area contributed by atoms with Gasteiger partial charge in [-0.1, -0.05) is 24.6 Å². The molecule has 1 heterocycles. The summed E-state index contributed by atoms with van der Waals surface area (Å²) in [5, 5.41) is 13.0. The molecule has 7 nitrogen and oxygen atoms in total. The molecule has 0 unspecified atom stereocenters. The highest BCUT2D eigenvalue weighted by Gasteiger charge is 2.30. The number of imide groups is 1. The van der Waals surface area contributed by atoms with Crippen molar-refractivity contribution in [2.75, 3.05) is 0 Å². The van der Waals surface area contributed by atoms with Crippen LogP contribution in [0.1, 0.15) is 57.3 Å². The van der Waals surface area contributed by atoms with E-state index in [0.29, 0.717) is 17.0 Å². The lowest BCUT2D eigenvalue weighted by atomic mass is 10.2. The van der Waals surface area contributed by atoms with Crippen molar-refractivity contribution in [2.45, 2.75) is 67.9 Å². The summed E-state index contributed by atoms with van der Waals surface area (Å²) in [6.45, 7) is 1.71. The van der Waals surface area contributed by atoms with Crippen molar-refractivity contribution in [1.29, 1.82) is 0 Å². The first-order valence-electron chi connectivity index (χ1n) is 7.73. The molecule has 3 rings (SSSR count). The second-order valence-electron chi connectivity index (χ2n) is 5.88. The number of thioether (sulfide) groups is 1. The smallest absolute Gasteiger partial charge is 0.321 e. The summed E-state index contributed by atoms with van der Waals surface area (Å²) in [6, 6.07) is -0.235. The van der Waals surface area contributed by atoms with E-state index in [4.69, 9.17) is 4.42 Å². The molecule has 1 aromatic rings. The van der Waals surface area contributed by atoms with Crippen molar-refractivity contribution in [1.82, 2.24) is 20.8 Å². The summed E-state index contributed by atoms with van der Waals surface area (Å²) in [6.07, 6.45) is 6.40. The monoisotopic (exact) mass is 324 g/mol. The Balaban J connectivity index is 1.44. The van der Waals surface area contributed by atoms with Crippen molar-refractivity contribution in [3.63, 3.8) is 0 Å². The van der Waals surface area contributed by atoms with Gasteiger partial charge in [0.15, 0.2) is 0 Å². The van der Waals surface area contributed by atoms with E-state index in [-0.39, 0.29) is 11.9 Å². The number of carbonyl (C=O) groups is 2. The lowest BCUT2D eigenvalue weighted by Crippen LogP contribution is -2.45. The molecular formula is C14H20N4O3S. The second-order valence-corrected chi connectivity index (χ2v) is 7.18. The van der Waals surface area contributed by atoms with Crippen molar-refractivity contribution in [2.24, 2.45) is 0 Å². The van der Waals surface area contributed by atoms with E-state index in [0.717, 1.165) is 38.5 Å². The van der Waals surface area contributed by atoms with Crippen LogP contribution in [0.2, 0.25) is 0 Å². The van der Waals surface area contributed by atoms with Crippen LogP contribution in [0, 0.1) is 0 Å². The van der Waals surface area contributed by atoms with Gasteiger partial charge in [-0.2, -0.15) is 0 Å². The quantitative estimate of drug-likeness (QED) is 0.806. The number of hydrogen-bond acceptors (Lipinski definition) is 6. The molecule has 0 saturated heterocycles. The topological polar surface area (TPSA) is 97.1 Å². The fourth-order valence-corrected chi connectivity index (χ4v) is 3.16. The molecule has 2 aliphatic carbocycles. The Labute approximate surface area is 133 Å². The minimum absolute atomic E-state index is 0.188. The number of hydrogen-bond donors (Lipinski definition) is 2. The zero-order chi connectivity index (χ0) is 15.5. The molecule has 0 bridgehead atoms. The predicted molar refractivity (Wildman–Crippen MR) is 80.5 cm³/mol. The first kappa shape index (κ1) is 15.3. The molecule has 2 aliphatic rings. The van der Waals surface area contributed by atoms with Crippen LogP contribution in [0.15, 0.2) is 9.64 Å². The zero-order valence-corrected chi connectivity index (χ0v) is 13.3. The maximum absolute atomic E-state index is 12.0. The molecular weight excluding hydrogens is 304 g/mol. The molecule has 22 heavy (non-hydrogen) atoms. The van der Waals surface area contributed by atoms with Gasteiger partial charge in [-0.25, -0.2) is 4.79 Å². The Morgan fingerprint density at radius 3 is 2.64 bits per heavy atom. The average molecular weight is 324 g/mol. The molecule has 2 fully saturated rings. The molecule has 0 radical (unpaired) electrons. The van der Waals surface area contributed by atoms with Crippen molar-refractivity contribution in [3.05, 3.63) is 5.89 Å². The first-order valence-corrected chi connectivity index (χ1v) is 8.61. The molecule has 0 aromatic carbocycles. The normalized spacial score (nSPS) is 19.9. The van der Waals surface area contributed by atoms with Crippen LogP contribution < -0.4 is 10.6 Å². The standard InChI is InChI=1S/C14H20N4O3S/c1-8(22-14-18-17-12(21-14)9-6-7-9)11(19)16-13(20)15-10-4-2-3-5-10/h8-10H,2-7H2,1H3,(H2,15,16,19,20)/t8-/m1/s1. The van der Waals surface area contributed by atoms with Gasteiger partial charge in [0.2, 0.25) is 11.8 Å². The Hall–Kier alpha value is -1.57. The molecule has 1 atom stereocenters. The van der Waals surface area contributed by atoms with Gasteiger partial charge < -0.3 is 9.73 Å². The van der Waals surface area contributed by atoms with Crippen LogP contribution in [0.4, 0.5) is 4.79 Å². The lowest BCUT2D eigenvalue weighted by molar-refractivity contribution is -0.119. The Kier molecular flexibility index (Phi) is 4.66. The molecule has 120 valence electrons. The van der Waals surface area contributed by atoms with Gasteiger partial charge in [0, 0.05) is 12.0 Å². The molecule has 2 N–H and O–H groups in total. The van der Waals surface area contributed by atoms with Gasteiger partial charge in [-0.05, 0) is 32.6 Å².